The zero-order chi connectivity index (χ0) is 20.7. The number of aromatic nitrogens is 3. The van der Waals surface area contributed by atoms with Crippen molar-refractivity contribution in [1.82, 2.24) is 19.1 Å². The Kier molecular flexibility index (Phi) is 7.84. The van der Waals surface area contributed by atoms with Gasteiger partial charge in [0.1, 0.15) is 12.1 Å². The molecule has 0 saturated carbocycles. The lowest BCUT2D eigenvalue weighted by atomic mass is 10.3. The third kappa shape index (κ3) is 5.03. The summed E-state index contributed by atoms with van der Waals surface area (Å²) in [6, 6.07) is 4.43. The Morgan fingerprint density at radius 3 is 2.61 bits per heavy atom. The molecule has 2 aromatic rings. The van der Waals surface area contributed by atoms with Crippen LogP contribution in [0.2, 0.25) is 0 Å². The molecule has 0 atom stereocenters. The molecule has 0 radical (unpaired) electrons. The zero-order valence-electron chi connectivity index (χ0n) is 16.4. The van der Waals surface area contributed by atoms with Crippen molar-refractivity contribution < 1.29 is 17.9 Å². The predicted octanol–water partition coefficient (Wildman–Crippen LogP) is 2.07. The number of nitrogens with one attached hydrogen (secondary N) is 1. The number of rotatable bonds is 10. The quantitative estimate of drug-likeness (QED) is 0.579. The van der Waals surface area contributed by atoms with Gasteiger partial charge in [0.2, 0.25) is 15.9 Å². The first-order valence-corrected chi connectivity index (χ1v) is 11.3. The number of aryl methyl sites for hydroxylation is 1. The third-order valence-electron chi connectivity index (χ3n) is 4.04. The van der Waals surface area contributed by atoms with Crippen molar-refractivity contribution >= 4 is 33.4 Å². The molecule has 1 heterocycles. The second-order valence-corrected chi connectivity index (χ2v) is 8.57. The number of sulfonamides is 1. The van der Waals surface area contributed by atoms with Crippen LogP contribution in [0.4, 0.5) is 5.69 Å². The fourth-order valence-electron chi connectivity index (χ4n) is 2.55. The van der Waals surface area contributed by atoms with Crippen LogP contribution in [-0.4, -0.2) is 59.3 Å². The Morgan fingerprint density at radius 2 is 2.00 bits per heavy atom. The highest BCUT2D eigenvalue weighted by molar-refractivity contribution is 7.99. The number of hydrogen-bond acceptors (Lipinski definition) is 7. The lowest BCUT2D eigenvalue weighted by Gasteiger charge is -2.19. The largest absolute Gasteiger partial charge is 0.495 e. The van der Waals surface area contributed by atoms with Crippen LogP contribution in [0.25, 0.3) is 0 Å². The SMILES string of the molecule is CCN(CC)S(=O)(=O)c1ccc(OC)c(NC(=O)CSc2nncn2CC)c1. The van der Waals surface area contributed by atoms with E-state index >= 15 is 0 Å². The molecular formula is C17H25N5O4S2. The molecule has 11 heteroatoms. The number of nitrogens with zero attached hydrogens (tertiary/aromatic N) is 4. The van der Waals surface area contributed by atoms with Gasteiger partial charge in [-0.1, -0.05) is 25.6 Å². The van der Waals surface area contributed by atoms with Gasteiger partial charge in [-0.3, -0.25) is 4.79 Å². The Labute approximate surface area is 169 Å². The van der Waals surface area contributed by atoms with E-state index in [0.717, 1.165) is 0 Å². The van der Waals surface area contributed by atoms with Gasteiger partial charge in [-0.2, -0.15) is 4.31 Å². The smallest absolute Gasteiger partial charge is 0.243 e. The van der Waals surface area contributed by atoms with E-state index < -0.39 is 10.0 Å². The molecule has 28 heavy (non-hydrogen) atoms. The van der Waals surface area contributed by atoms with Gasteiger partial charge in [0.25, 0.3) is 0 Å². The minimum absolute atomic E-state index is 0.102. The van der Waals surface area contributed by atoms with Gasteiger partial charge in [-0.25, -0.2) is 8.42 Å². The van der Waals surface area contributed by atoms with Gasteiger partial charge < -0.3 is 14.6 Å². The van der Waals surface area contributed by atoms with Crippen molar-refractivity contribution in [2.24, 2.45) is 0 Å². The fourth-order valence-corrected chi connectivity index (χ4v) is 4.81. The highest BCUT2D eigenvalue weighted by Crippen LogP contribution is 2.29. The number of hydrogen-bond donors (Lipinski definition) is 1. The van der Waals surface area contributed by atoms with Gasteiger partial charge in [-0.05, 0) is 25.1 Å². The molecule has 0 aliphatic rings. The monoisotopic (exact) mass is 427 g/mol. The van der Waals surface area contributed by atoms with E-state index in [4.69, 9.17) is 4.74 Å². The summed E-state index contributed by atoms with van der Waals surface area (Å²) >= 11 is 1.25. The van der Waals surface area contributed by atoms with E-state index in [0.29, 0.717) is 36.2 Å². The molecule has 0 aliphatic heterocycles. The summed E-state index contributed by atoms with van der Waals surface area (Å²) in [5, 5.41) is 11.2. The van der Waals surface area contributed by atoms with Gasteiger partial charge >= 0.3 is 0 Å². The number of carbonyl (C=O) groups is 1. The van der Waals surface area contributed by atoms with Crippen LogP contribution in [-0.2, 0) is 21.4 Å². The fraction of sp³-hybridized carbons (Fsp3) is 0.471. The van der Waals surface area contributed by atoms with E-state index in [2.05, 4.69) is 15.5 Å². The molecule has 0 aliphatic carbocycles. The second kappa shape index (κ2) is 9.89. The normalized spacial score (nSPS) is 11.6. The van der Waals surface area contributed by atoms with Crippen LogP contribution in [0.5, 0.6) is 5.75 Å². The van der Waals surface area contributed by atoms with Crippen LogP contribution >= 0.6 is 11.8 Å². The lowest BCUT2D eigenvalue weighted by molar-refractivity contribution is -0.113. The minimum Gasteiger partial charge on any atom is -0.495 e. The number of thioether (sulfide) groups is 1. The summed E-state index contributed by atoms with van der Waals surface area (Å²) in [5.41, 5.74) is 0.304. The molecule has 0 unspecified atom stereocenters. The highest BCUT2D eigenvalue weighted by atomic mass is 32.2. The van der Waals surface area contributed by atoms with Crippen molar-refractivity contribution in [3.05, 3.63) is 24.5 Å². The van der Waals surface area contributed by atoms with E-state index in [1.807, 2.05) is 11.5 Å². The van der Waals surface area contributed by atoms with Crippen LogP contribution in [0.3, 0.4) is 0 Å². The van der Waals surface area contributed by atoms with E-state index in [-0.39, 0.29) is 16.6 Å². The standard InChI is InChI=1S/C17H25N5O4S2/c1-5-21-12-18-20-17(21)27-11-16(23)19-14-10-13(8-9-15(14)26-4)28(24,25)22(6-2)7-3/h8-10,12H,5-7,11H2,1-4H3,(H,19,23). The van der Waals surface area contributed by atoms with Crippen molar-refractivity contribution in [2.75, 3.05) is 31.3 Å². The van der Waals surface area contributed by atoms with E-state index in [1.54, 1.807) is 20.2 Å². The van der Waals surface area contributed by atoms with Gasteiger partial charge in [0.15, 0.2) is 5.16 Å². The summed E-state index contributed by atoms with van der Waals surface area (Å²) in [5.74, 6) is 0.189. The molecule has 1 aromatic carbocycles. The number of anilines is 1. The first-order chi connectivity index (χ1) is 13.4. The number of ether oxygens (including phenoxy) is 1. The molecule has 2 rings (SSSR count). The third-order valence-corrected chi connectivity index (χ3v) is 7.07. The Bertz CT molecular complexity index is 910. The van der Waals surface area contributed by atoms with Crippen molar-refractivity contribution in [3.8, 4) is 5.75 Å². The molecule has 0 spiro atoms. The van der Waals surface area contributed by atoms with Gasteiger partial charge in [0, 0.05) is 19.6 Å². The highest BCUT2D eigenvalue weighted by Gasteiger charge is 2.23. The number of amides is 1. The van der Waals surface area contributed by atoms with Crippen LogP contribution in [0.1, 0.15) is 20.8 Å². The first-order valence-electron chi connectivity index (χ1n) is 8.85. The maximum Gasteiger partial charge on any atom is 0.243 e. The molecule has 1 aromatic heterocycles. The molecule has 9 nitrogen and oxygen atoms in total. The number of carbonyl (C=O) groups excluding carboxylic acids is 1. The molecular weight excluding hydrogens is 402 g/mol. The number of methoxy groups -OCH3 is 1. The summed E-state index contributed by atoms with van der Waals surface area (Å²) < 4.78 is 33.9. The van der Waals surface area contributed by atoms with E-state index in [9.17, 15) is 13.2 Å². The average molecular weight is 428 g/mol. The number of benzene rings is 1. The van der Waals surface area contributed by atoms with Gasteiger partial charge in [-0.15, -0.1) is 10.2 Å². The first kappa shape index (κ1) is 22.2. The Morgan fingerprint density at radius 1 is 1.29 bits per heavy atom. The van der Waals surface area contributed by atoms with Crippen LogP contribution in [0.15, 0.2) is 34.6 Å². The maximum absolute atomic E-state index is 12.7. The molecule has 0 bridgehead atoms. The molecule has 0 saturated heterocycles. The van der Waals surface area contributed by atoms with Crippen LogP contribution < -0.4 is 10.1 Å². The van der Waals surface area contributed by atoms with Gasteiger partial charge in [0.05, 0.1) is 23.4 Å². The summed E-state index contributed by atoms with van der Waals surface area (Å²) in [7, 11) is -2.18. The topological polar surface area (TPSA) is 106 Å². The van der Waals surface area contributed by atoms with Crippen molar-refractivity contribution in [3.63, 3.8) is 0 Å². The Balaban J connectivity index is 2.18. The van der Waals surface area contributed by atoms with Crippen molar-refractivity contribution in [1.29, 1.82) is 0 Å². The summed E-state index contributed by atoms with van der Waals surface area (Å²) in [4.78, 5) is 12.5. The lowest BCUT2D eigenvalue weighted by Crippen LogP contribution is -2.30. The predicted molar refractivity (Wildman–Crippen MR) is 108 cm³/mol. The average Bonchev–Trinajstić information content (AvgIpc) is 3.14. The van der Waals surface area contributed by atoms with Crippen LogP contribution in [0, 0.1) is 0 Å². The summed E-state index contributed by atoms with van der Waals surface area (Å²) in [6.45, 7) is 6.94. The molecule has 1 N–H and O–H groups in total. The molecule has 154 valence electrons. The van der Waals surface area contributed by atoms with Crippen molar-refractivity contribution in [2.45, 2.75) is 37.4 Å². The zero-order valence-corrected chi connectivity index (χ0v) is 18.0. The minimum atomic E-state index is -3.64. The Hall–Kier alpha value is -2.11. The second-order valence-electron chi connectivity index (χ2n) is 5.69. The maximum atomic E-state index is 12.7. The molecule has 0 fully saturated rings. The summed E-state index contributed by atoms with van der Waals surface area (Å²) in [6.07, 6.45) is 1.60. The molecule has 1 amide bonds. The van der Waals surface area contributed by atoms with E-state index in [1.165, 1.54) is 41.4 Å².